The molecule has 0 saturated carbocycles. The summed E-state index contributed by atoms with van der Waals surface area (Å²) in [5, 5.41) is 5.74. The van der Waals surface area contributed by atoms with Gasteiger partial charge in [0.1, 0.15) is 0 Å². The van der Waals surface area contributed by atoms with Gasteiger partial charge in [-0.2, -0.15) is 0 Å². The van der Waals surface area contributed by atoms with E-state index >= 15 is 0 Å². The maximum Gasteiger partial charge on any atom is 1.00 e. The Morgan fingerprint density at radius 1 is 1.00 bits per heavy atom. The molecule has 2 unspecified atom stereocenters. The van der Waals surface area contributed by atoms with Gasteiger partial charge in [-0.25, -0.2) is 0 Å². The summed E-state index contributed by atoms with van der Waals surface area (Å²) in [5.74, 6) is 0. The second kappa shape index (κ2) is 14.9. The predicted molar refractivity (Wildman–Crippen MR) is 63.2 cm³/mol. The first-order valence-electron chi connectivity index (χ1n) is 3.58. The molecule has 0 bridgehead atoms. The number of hydrogen-bond donors (Lipinski definition) is 5. The van der Waals surface area contributed by atoms with Crippen molar-refractivity contribution in [2.75, 3.05) is 6.54 Å². The molecule has 16 heteroatoms. The van der Waals surface area contributed by atoms with Crippen molar-refractivity contribution >= 4 is 15.2 Å². The molecule has 13 nitrogen and oxygen atoms in total. The third kappa shape index (κ3) is 10.7. The topological polar surface area (TPSA) is 322 Å². The van der Waals surface area contributed by atoms with Crippen molar-refractivity contribution in [1.82, 2.24) is 0 Å². The van der Waals surface area contributed by atoms with Crippen LogP contribution in [0.2, 0.25) is 0 Å². The van der Waals surface area contributed by atoms with Crippen LogP contribution in [0.1, 0.15) is 12.8 Å². The zero-order chi connectivity index (χ0) is 11.6. The maximum atomic E-state index is 10.7. The summed E-state index contributed by atoms with van der Waals surface area (Å²) in [4.78, 5) is 36.3. The SMILES string of the molecule is NCCCC(O)(P(=O)([O-])O)P(=O)(O)O.O.O.O.O.O.[Na+]. The minimum Gasteiger partial charge on any atom is -0.776 e. The molecule has 0 fully saturated rings. The van der Waals surface area contributed by atoms with Crippen molar-refractivity contribution in [1.29, 1.82) is 0 Å². The van der Waals surface area contributed by atoms with E-state index < -0.39 is 26.7 Å². The molecule has 0 saturated heterocycles. The molecular formula is C4H22NNaO12P2. The Morgan fingerprint density at radius 3 is 1.45 bits per heavy atom. The molecule has 0 heterocycles. The van der Waals surface area contributed by atoms with Crippen molar-refractivity contribution in [3.63, 3.8) is 0 Å². The van der Waals surface area contributed by atoms with Crippen LogP contribution < -0.4 is 40.2 Å². The molecule has 0 amide bonds. The van der Waals surface area contributed by atoms with E-state index in [4.69, 9.17) is 20.4 Å². The fraction of sp³-hybridized carbons (Fsp3) is 1.00. The Balaban J connectivity index is -0.0000000563. The molecule has 0 aromatic rings. The Kier molecular flexibility index (Phi) is 32.0. The van der Waals surface area contributed by atoms with E-state index in [2.05, 4.69) is 0 Å². The van der Waals surface area contributed by atoms with Crippen molar-refractivity contribution in [3.8, 4) is 0 Å². The van der Waals surface area contributed by atoms with E-state index in [9.17, 15) is 19.1 Å². The van der Waals surface area contributed by atoms with Gasteiger partial charge in [0.05, 0.1) is 0 Å². The second-order valence-electron chi connectivity index (χ2n) is 2.73. The van der Waals surface area contributed by atoms with E-state index in [1.807, 2.05) is 0 Å². The monoisotopic (exact) mass is 361 g/mol. The van der Waals surface area contributed by atoms with Crippen LogP contribution in [0.25, 0.3) is 0 Å². The van der Waals surface area contributed by atoms with E-state index in [0.717, 1.165) is 0 Å². The Morgan fingerprint density at radius 2 is 1.30 bits per heavy atom. The van der Waals surface area contributed by atoms with Crippen LogP contribution >= 0.6 is 15.2 Å². The fourth-order valence-electron chi connectivity index (χ4n) is 0.791. The van der Waals surface area contributed by atoms with Gasteiger partial charge in [-0.3, -0.25) is 4.57 Å². The van der Waals surface area contributed by atoms with Crippen LogP contribution in [-0.2, 0) is 9.13 Å². The minimum atomic E-state index is -5.55. The molecule has 0 radical (unpaired) electrons. The second-order valence-corrected chi connectivity index (χ2v) is 6.69. The van der Waals surface area contributed by atoms with Crippen molar-refractivity contribution in [2.45, 2.75) is 17.9 Å². The third-order valence-corrected chi connectivity index (χ3v) is 5.46. The Bertz CT molecular complexity index is 267. The van der Waals surface area contributed by atoms with Crippen LogP contribution in [0, 0.1) is 0 Å². The van der Waals surface area contributed by atoms with Crippen LogP contribution in [-0.4, -0.2) is 58.8 Å². The molecule has 0 spiro atoms. The molecule has 2 atom stereocenters. The minimum absolute atomic E-state index is 0. The number of rotatable bonds is 5. The summed E-state index contributed by atoms with van der Waals surface area (Å²) in [5.41, 5.74) is 4.98. The van der Waals surface area contributed by atoms with Crippen molar-refractivity contribution in [2.24, 2.45) is 5.73 Å². The molecular weight excluding hydrogens is 339 g/mol. The Hall–Kier alpha value is 1.02. The quantitative estimate of drug-likeness (QED) is 0.230. The van der Waals surface area contributed by atoms with Crippen LogP contribution in [0.3, 0.4) is 0 Å². The Labute approximate surface area is 136 Å². The van der Waals surface area contributed by atoms with Gasteiger partial charge >= 0.3 is 37.2 Å². The van der Waals surface area contributed by atoms with Gasteiger partial charge in [0, 0.05) is 0 Å². The number of nitrogens with two attached hydrogens (primary N) is 1. The third-order valence-electron chi connectivity index (χ3n) is 1.64. The smallest absolute Gasteiger partial charge is 0.776 e. The molecule has 20 heavy (non-hydrogen) atoms. The van der Waals surface area contributed by atoms with Gasteiger partial charge in [0.15, 0.2) is 7.60 Å². The van der Waals surface area contributed by atoms with E-state index in [-0.39, 0.29) is 69.9 Å². The first kappa shape index (κ1) is 42.9. The average molecular weight is 361 g/mol. The van der Waals surface area contributed by atoms with Gasteiger partial charge in [0.25, 0.3) is 0 Å². The van der Waals surface area contributed by atoms with E-state index in [0.29, 0.717) is 0 Å². The van der Waals surface area contributed by atoms with Crippen LogP contribution in [0.4, 0.5) is 0 Å². The molecule has 0 aliphatic carbocycles. The largest absolute Gasteiger partial charge is 1.00 e. The number of aliphatic hydroxyl groups is 1. The van der Waals surface area contributed by atoms with Gasteiger partial charge in [-0.1, -0.05) is 0 Å². The van der Waals surface area contributed by atoms with Crippen LogP contribution in [0.15, 0.2) is 0 Å². The van der Waals surface area contributed by atoms with E-state index in [1.54, 1.807) is 0 Å². The molecule has 0 rings (SSSR count). The van der Waals surface area contributed by atoms with Crippen molar-refractivity contribution < 1.29 is 90.7 Å². The summed E-state index contributed by atoms with van der Waals surface area (Å²) in [7, 11) is -10.9. The summed E-state index contributed by atoms with van der Waals surface area (Å²) < 4.78 is 21.3. The van der Waals surface area contributed by atoms with Gasteiger partial charge < -0.3 is 62.4 Å². The zero-order valence-corrected chi connectivity index (χ0v) is 14.4. The molecule has 0 aliphatic heterocycles. The van der Waals surface area contributed by atoms with Gasteiger partial charge in [0.2, 0.25) is 5.08 Å². The van der Waals surface area contributed by atoms with Crippen molar-refractivity contribution in [3.05, 3.63) is 0 Å². The predicted octanol–water partition coefficient (Wildman–Crippen LogP) is -9.02. The maximum absolute atomic E-state index is 10.7. The zero-order valence-electron chi connectivity index (χ0n) is 10.6. The summed E-state index contributed by atoms with van der Waals surface area (Å²) in [6, 6.07) is 0. The van der Waals surface area contributed by atoms with Crippen LogP contribution in [0.5, 0.6) is 0 Å². The average Bonchev–Trinajstić information content (AvgIpc) is 1.95. The summed E-state index contributed by atoms with van der Waals surface area (Å²) >= 11 is 0. The summed E-state index contributed by atoms with van der Waals surface area (Å²) in [6.45, 7) is -0.0672. The van der Waals surface area contributed by atoms with Gasteiger partial charge in [-0.15, -0.1) is 0 Å². The first-order valence-corrected chi connectivity index (χ1v) is 6.77. The normalized spacial score (nSPS) is 14.9. The molecule has 0 aromatic heterocycles. The fourth-order valence-corrected chi connectivity index (χ4v) is 3.00. The molecule has 126 valence electrons. The van der Waals surface area contributed by atoms with Gasteiger partial charge in [-0.05, 0) is 19.4 Å². The molecule has 16 N–H and O–H groups in total. The summed E-state index contributed by atoms with van der Waals surface area (Å²) in [6.07, 6.45) is -0.959. The molecule has 0 aliphatic rings. The standard InChI is InChI=1S/C4H13NO7P2.Na.5H2O/c5-3-1-2-4(6,13(7,8)9)14(10,11)12;;;;;;/h6H,1-3,5H2,(H2,7,8,9)(H2,10,11,12);;5*1H2/q;+1;;;;;/p-1. The van der Waals surface area contributed by atoms with E-state index in [1.165, 1.54) is 0 Å². The number of hydrogen-bond acceptors (Lipinski definition) is 5. The molecule has 0 aromatic carbocycles. The first-order chi connectivity index (χ1) is 6.06.